The van der Waals surface area contributed by atoms with Crippen LogP contribution in [0, 0.1) is 10.1 Å². The molecule has 0 atom stereocenters. The van der Waals surface area contributed by atoms with Crippen molar-refractivity contribution < 1.29 is 9.72 Å². The molecule has 6 nitrogen and oxygen atoms in total. The molecule has 0 aliphatic carbocycles. The molecule has 0 radical (unpaired) electrons. The van der Waals surface area contributed by atoms with Crippen molar-refractivity contribution >= 4 is 35.1 Å². The predicted molar refractivity (Wildman–Crippen MR) is 98.7 cm³/mol. The number of nitro groups is 1. The molecule has 1 aliphatic heterocycles. The van der Waals surface area contributed by atoms with E-state index in [1.807, 2.05) is 37.2 Å². The molecule has 1 aliphatic rings. The highest BCUT2D eigenvalue weighted by Gasteiger charge is 2.28. The Morgan fingerprint density at radius 1 is 1.12 bits per heavy atom. The minimum Gasteiger partial charge on any atom is -0.351 e. The van der Waals surface area contributed by atoms with Gasteiger partial charge in [0.1, 0.15) is 4.90 Å². The van der Waals surface area contributed by atoms with E-state index in [4.69, 9.17) is 0 Å². The molecule has 8 heteroatoms. The molecule has 1 amide bonds. The van der Waals surface area contributed by atoms with Gasteiger partial charge in [-0.3, -0.25) is 14.9 Å². The van der Waals surface area contributed by atoms with E-state index >= 15 is 0 Å². The Balaban J connectivity index is 1.91. The summed E-state index contributed by atoms with van der Waals surface area (Å²) in [4.78, 5) is 28.6. The molecule has 0 aromatic heterocycles. The molecule has 0 spiro atoms. The van der Waals surface area contributed by atoms with Gasteiger partial charge in [0, 0.05) is 33.8 Å². The highest BCUT2D eigenvalue weighted by atomic mass is 32.2. The lowest BCUT2D eigenvalue weighted by Crippen LogP contribution is -2.31. The summed E-state index contributed by atoms with van der Waals surface area (Å²) in [5.41, 5.74) is 0.626. The summed E-state index contributed by atoms with van der Waals surface area (Å²) in [6, 6.07) is 10.6. The van der Waals surface area contributed by atoms with E-state index in [9.17, 15) is 14.9 Å². The van der Waals surface area contributed by atoms with Crippen LogP contribution in [0.4, 0.5) is 5.69 Å². The van der Waals surface area contributed by atoms with E-state index in [0.29, 0.717) is 17.0 Å². The number of nitro benzene ring substituents is 1. The predicted octanol–water partition coefficient (Wildman–Crippen LogP) is 3.50. The third kappa shape index (κ3) is 3.81. The van der Waals surface area contributed by atoms with Gasteiger partial charge >= 0.3 is 0 Å². The molecule has 0 bridgehead atoms. The smallest absolute Gasteiger partial charge is 0.284 e. The fourth-order valence-electron chi connectivity index (χ4n) is 2.42. The Bertz CT molecular complexity index is 840. The van der Waals surface area contributed by atoms with E-state index < -0.39 is 0 Å². The summed E-state index contributed by atoms with van der Waals surface area (Å²) >= 11 is 2.76. The molecular weight excluding hydrogens is 358 g/mol. The quantitative estimate of drug-likeness (QED) is 0.543. The first-order valence-corrected chi connectivity index (χ1v) is 9.29. The number of rotatable bonds is 5. The minimum absolute atomic E-state index is 0.0727. The zero-order valence-corrected chi connectivity index (χ0v) is 15.4. The van der Waals surface area contributed by atoms with Crippen molar-refractivity contribution in [1.29, 1.82) is 0 Å². The van der Waals surface area contributed by atoms with Crippen molar-refractivity contribution in [2.45, 2.75) is 19.6 Å². The molecule has 0 saturated heterocycles. The fourth-order valence-corrected chi connectivity index (χ4v) is 4.91. The van der Waals surface area contributed by atoms with Gasteiger partial charge in [0.15, 0.2) is 0 Å². The highest BCUT2D eigenvalue weighted by molar-refractivity contribution is 8.05. The van der Waals surface area contributed by atoms with Gasteiger partial charge in [-0.1, -0.05) is 35.7 Å². The van der Waals surface area contributed by atoms with E-state index in [0.717, 1.165) is 21.2 Å². The number of carbonyl (C=O) groups is 1. The van der Waals surface area contributed by atoms with E-state index in [1.165, 1.54) is 29.6 Å². The average molecular weight is 375 g/mol. The summed E-state index contributed by atoms with van der Waals surface area (Å²) in [6.07, 6.45) is 0. The first-order chi connectivity index (χ1) is 12.0. The second-order valence-corrected chi connectivity index (χ2v) is 7.86. The summed E-state index contributed by atoms with van der Waals surface area (Å²) in [5.74, 6) is -0.158. The van der Waals surface area contributed by atoms with Gasteiger partial charge in [0.25, 0.3) is 11.6 Å². The summed E-state index contributed by atoms with van der Waals surface area (Å²) in [5, 5.41) is 14.2. The van der Waals surface area contributed by atoms with Crippen LogP contribution in [0.5, 0.6) is 0 Å². The number of likely N-dealkylation sites (N-methyl/N-ethyl adjacent to an activating group) is 1. The van der Waals surface area contributed by atoms with Gasteiger partial charge < -0.3 is 10.2 Å². The SMILES string of the molecule is CN(C)CCNC(=O)c1cccc2c1Sc1c(cccc1[N+](=O)[O-])S2. The van der Waals surface area contributed by atoms with Gasteiger partial charge in [-0.2, -0.15) is 0 Å². The van der Waals surface area contributed by atoms with Crippen LogP contribution in [0.1, 0.15) is 10.4 Å². The number of benzene rings is 2. The molecule has 0 fully saturated rings. The molecule has 0 unspecified atom stereocenters. The first kappa shape index (κ1) is 17.8. The molecule has 130 valence electrons. The zero-order valence-electron chi connectivity index (χ0n) is 13.8. The first-order valence-electron chi connectivity index (χ1n) is 7.66. The van der Waals surface area contributed by atoms with Crippen molar-refractivity contribution in [3.63, 3.8) is 0 Å². The van der Waals surface area contributed by atoms with Crippen LogP contribution in [0.25, 0.3) is 0 Å². The van der Waals surface area contributed by atoms with Crippen LogP contribution in [0.15, 0.2) is 56.0 Å². The van der Waals surface area contributed by atoms with Crippen molar-refractivity contribution in [1.82, 2.24) is 10.2 Å². The molecule has 0 saturated carbocycles. The Morgan fingerprint density at radius 2 is 1.80 bits per heavy atom. The van der Waals surface area contributed by atoms with Gasteiger partial charge in [-0.15, -0.1) is 0 Å². The topological polar surface area (TPSA) is 75.5 Å². The Morgan fingerprint density at radius 3 is 2.48 bits per heavy atom. The van der Waals surface area contributed by atoms with Crippen LogP contribution in [-0.2, 0) is 0 Å². The summed E-state index contributed by atoms with van der Waals surface area (Å²) < 4.78 is 0. The van der Waals surface area contributed by atoms with Crippen LogP contribution < -0.4 is 5.32 Å². The molecule has 25 heavy (non-hydrogen) atoms. The number of nitrogens with one attached hydrogen (secondary N) is 1. The highest BCUT2D eigenvalue weighted by Crippen LogP contribution is 2.52. The number of hydrogen-bond acceptors (Lipinski definition) is 6. The average Bonchev–Trinajstić information content (AvgIpc) is 2.58. The maximum absolute atomic E-state index is 12.5. The number of fused-ring (bicyclic) bond motifs is 2. The molecule has 2 aromatic carbocycles. The second-order valence-electron chi connectivity index (χ2n) is 5.76. The van der Waals surface area contributed by atoms with Crippen molar-refractivity contribution in [2.24, 2.45) is 0 Å². The summed E-state index contributed by atoms with van der Waals surface area (Å²) in [7, 11) is 3.89. The number of nitrogens with zero attached hydrogens (tertiary/aromatic N) is 2. The monoisotopic (exact) mass is 375 g/mol. The Hall–Kier alpha value is -2.03. The van der Waals surface area contributed by atoms with Gasteiger partial charge in [0.2, 0.25) is 0 Å². The van der Waals surface area contributed by atoms with E-state index in [2.05, 4.69) is 5.32 Å². The standard InChI is InChI=1S/C17H17N3O3S2/c1-19(2)10-9-18-17(21)11-5-3-7-13-15(11)25-16-12(20(22)23)6-4-8-14(16)24-13/h3-8H,9-10H2,1-2H3,(H,18,21). The normalized spacial score (nSPS) is 12.4. The number of carbonyl (C=O) groups excluding carboxylic acids is 1. The van der Waals surface area contributed by atoms with Crippen molar-refractivity contribution in [3.05, 3.63) is 52.1 Å². The second kappa shape index (κ2) is 7.47. The van der Waals surface area contributed by atoms with E-state index in [-0.39, 0.29) is 16.5 Å². The Labute approximate surface area is 154 Å². The third-order valence-corrected chi connectivity index (χ3v) is 6.30. The molecular formula is C17H17N3O3S2. The Kier molecular flexibility index (Phi) is 5.31. The minimum atomic E-state index is -0.378. The number of hydrogen-bond donors (Lipinski definition) is 1. The van der Waals surface area contributed by atoms with Crippen LogP contribution in [0.3, 0.4) is 0 Å². The lowest BCUT2D eigenvalue weighted by Gasteiger charge is -2.20. The van der Waals surface area contributed by atoms with Crippen LogP contribution in [0.2, 0.25) is 0 Å². The van der Waals surface area contributed by atoms with Gasteiger partial charge in [-0.25, -0.2) is 0 Å². The molecule has 2 aromatic rings. The lowest BCUT2D eigenvalue weighted by atomic mass is 10.2. The van der Waals surface area contributed by atoms with Crippen molar-refractivity contribution in [3.8, 4) is 0 Å². The maximum atomic E-state index is 12.5. The number of amides is 1. The molecule has 3 rings (SSSR count). The maximum Gasteiger partial charge on any atom is 0.284 e. The largest absolute Gasteiger partial charge is 0.351 e. The zero-order chi connectivity index (χ0) is 18.0. The van der Waals surface area contributed by atoms with Crippen molar-refractivity contribution in [2.75, 3.05) is 27.2 Å². The fraction of sp³-hybridized carbons (Fsp3) is 0.235. The van der Waals surface area contributed by atoms with Gasteiger partial charge in [0.05, 0.1) is 10.5 Å². The van der Waals surface area contributed by atoms with Crippen LogP contribution >= 0.6 is 23.5 Å². The molecule has 1 heterocycles. The summed E-state index contributed by atoms with van der Waals surface area (Å²) in [6.45, 7) is 1.29. The van der Waals surface area contributed by atoms with Gasteiger partial charge in [-0.05, 0) is 32.3 Å². The third-order valence-electron chi connectivity index (χ3n) is 3.65. The molecule has 1 N–H and O–H groups in total. The van der Waals surface area contributed by atoms with E-state index in [1.54, 1.807) is 12.1 Å². The lowest BCUT2D eigenvalue weighted by molar-refractivity contribution is -0.388. The van der Waals surface area contributed by atoms with Crippen LogP contribution in [-0.4, -0.2) is 42.9 Å².